The van der Waals surface area contributed by atoms with Crippen LogP contribution in [0.5, 0.6) is 5.75 Å². The van der Waals surface area contributed by atoms with Crippen LogP contribution >= 0.6 is 11.8 Å². The average molecular weight is 422 g/mol. The normalized spacial score (nSPS) is 15.4. The topological polar surface area (TPSA) is 84.1 Å². The molecule has 1 amide bonds. The van der Waals surface area contributed by atoms with E-state index in [9.17, 15) is 9.59 Å². The van der Waals surface area contributed by atoms with Gasteiger partial charge in [-0.2, -0.15) is 0 Å². The standard InChI is InChI=1S/C23H23N3O3S/c1-3-29-17-9-5-8-16(11-17)18-12-19(27)24-21-20(18)22(28)26-23(25-21)30-13-15-7-4-6-14(2)10-15/h4-11,18H,3,12-13H2,1-2H3,(H2,24,25,26,27,28)/t18-/m1/s1. The number of carbonyl (C=O) groups excluding carboxylic acids is 1. The molecule has 0 bridgehead atoms. The molecule has 1 aliphatic rings. The first kappa shape index (κ1) is 20.2. The van der Waals surface area contributed by atoms with Crippen molar-refractivity contribution in [1.82, 2.24) is 9.97 Å². The van der Waals surface area contributed by atoms with Gasteiger partial charge in [0.2, 0.25) is 5.91 Å². The van der Waals surface area contributed by atoms with Crippen LogP contribution < -0.4 is 15.6 Å². The van der Waals surface area contributed by atoms with Gasteiger partial charge in [0.1, 0.15) is 11.6 Å². The van der Waals surface area contributed by atoms with Gasteiger partial charge in [-0.05, 0) is 37.1 Å². The van der Waals surface area contributed by atoms with E-state index in [0.717, 1.165) is 16.9 Å². The monoisotopic (exact) mass is 421 g/mol. The van der Waals surface area contributed by atoms with Gasteiger partial charge in [-0.15, -0.1) is 0 Å². The molecule has 30 heavy (non-hydrogen) atoms. The van der Waals surface area contributed by atoms with Gasteiger partial charge in [0.05, 0.1) is 12.2 Å². The molecule has 154 valence electrons. The van der Waals surface area contributed by atoms with Crippen LogP contribution in [0.3, 0.4) is 0 Å². The van der Waals surface area contributed by atoms with E-state index in [1.165, 1.54) is 17.3 Å². The summed E-state index contributed by atoms with van der Waals surface area (Å²) in [5, 5.41) is 3.26. The molecule has 0 unspecified atom stereocenters. The highest BCUT2D eigenvalue weighted by atomic mass is 32.2. The zero-order valence-electron chi connectivity index (χ0n) is 16.9. The maximum absolute atomic E-state index is 13.0. The lowest BCUT2D eigenvalue weighted by Crippen LogP contribution is -2.31. The van der Waals surface area contributed by atoms with E-state index in [0.29, 0.717) is 28.9 Å². The molecule has 3 aromatic rings. The second kappa shape index (κ2) is 8.75. The zero-order valence-corrected chi connectivity index (χ0v) is 17.7. The molecule has 0 spiro atoms. The quantitative estimate of drug-likeness (QED) is 0.459. The summed E-state index contributed by atoms with van der Waals surface area (Å²) in [5.41, 5.74) is 3.46. The number of thioether (sulfide) groups is 1. The Kier molecular flexibility index (Phi) is 5.90. The average Bonchev–Trinajstić information content (AvgIpc) is 2.72. The van der Waals surface area contributed by atoms with Crippen LogP contribution in [0.1, 0.15) is 41.5 Å². The van der Waals surface area contributed by atoms with Crippen LogP contribution in [0.2, 0.25) is 0 Å². The predicted molar refractivity (Wildman–Crippen MR) is 118 cm³/mol. The summed E-state index contributed by atoms with van der Waals surface area (Å²) in [7, 11) is 0. The van der Waals surface area contributed by atoms with Crippen molar-refractivity contribution >= 4 is 23.5 Å². The maximum Gasteiger partial charge on any atom is 0.257 e. The molecule has 1 aromatic heterocycles. The third-order valence-corrected chi connectivity index (χ3v) is 5.90. The Labute approximate surface area is 179 Å². The number of carbonyl (C=O) groups is 1. The largest absolute Gasteiger partial charge is 0.494 e. The Hall–Kier alpha value is -3.06. The lowest BCUT2D eigenvalue weighted by molar-refractivity contribution is -0.116. The fourth-order valence-corrected chi connectivity index (χ4v) is 4.45. The fraction of sp³-hybridized carbons (Fsp3) is 0.261. The van der Waals surface area contributed by atoms with E-state index in [-0.39, 0.29) is 23.8 Å². The fourth-order valence-electron chi connectivity index (χ4n) is 3.65. The number of nitrogens with one attached hydrogen (secondary N) is 2. The summed E-state index contributed by atoms with van der Waals surface area (Å²) < 4.78 is 5.58. The molecule has 0 saturated carbocycles. The maximum atomic E-state index is 13.0. The number of hydrogen-bond acceptors (Lipinski definition) is 5. The molecule has 2 aromatic carbocycles. The third-order valence-electron chi connectivity index (χ3n) is 4.96. The highest BCUT2D eigenvalue weighted by Gasteiger charge is 2.31. The Bertz CT molecular complexity index is 1140. The van der Waals surface area contributed by atoms with Gasteiger partial charge in [-0.25, -0.2) is 4.98 Å². The van der Waals surface area contributed by atoms with Crippen LogP contribution in [0, 0.1) is 6.92 Å². The van der Waals surface area contributed by atoms with E-state index in [2.05, 4.69) is 21.4 Å². The van der Waals surface area contributed by atoms with Gasteiger partial charge in [0.25, 0.3) is 5.56 Å². The molecule has 0 radical (unpaired) electrons. The summed E-state index contributed by atoms with van der Waals surface area (Å²) in [6.07, 6.45) is 0.198. The van der Waals surface area contributed by atoms with Gasteiger partial charge in [-0.3, -0.25) is 9.59 Å². The van der Waals surface area contributed by atoms with Crippen molar-refractivity contribution in [3.05, 3.63) is 81.1 Å². The summed E-state index contributed by atoms with van der Waals surface area (Å²) in [4.78, 5) is 32.7. The molecule has 0 aliphatic carbocycles. The summed E-state index contributed by atoms with van der Waals surface area (Å²) in [6, 6.07) is 15.7. The molecule has 6 nitrogen and oxygen atoms in total. The molecule has 4 rings (SSSR count). The van der Waals surface area contributed by atoms with Crippen LogP contribution in [-0.4, -0.2) is 22.5 Å². The minimum absolute atomic E-state index is 0.151. The number of rotatable bonds is 6. The SMILES string of the molecule is CCOc1cccc([C@H]2CC(=O)Nc3nc(SCc4cccc(C)c4)[nH]c(=O)c32)c1. The van der Waals surface area contributed by atoms with Gasteiger partial charge in [0, 0.05) is 18.1 Å². The minimum atomic E-state index is -0.360. The Balaban J connectivity index is 1.64. The molecule has 7 heteroatoms. The molecular formula is C23H23N3O3S. The third kappa shape index (κ3) is 4.41. The van der Waals surface area contributed by atoms with E-state index in [1.54, 1.807) is 0 Å². The number of aryl methyl sites for hydroxylation is 1. The number of hydrogen-bond donors (Lipinski definition) is 2. The predicted octanol–water partition coefficient (Wildman–Crippen LogP) is 4.24. The van der Waals surface area contributed by atoms with Crippen molar-refractivity contribution in [3.63, 3.8) is 0 Å². The first-order chi connectivity index (χ1) is 14.5. The second-order valence-corrected chi connectivity index (χ2v) is 8.19. The van der Waals surface area contributed by atoms with Crippen molar-refractivity contribution in [3.8, 4) is 5.75 Å². The highest BCUT2D eigenvalue weighted by molar-refractivity contribution is 7.98. The first-order valence-electron chi connectivity index (χ1n) is 9.88. The van der Waals surface area contributed by atoms with Gasteiger partial charge in [0.15, 0.2) is 5.16 Å². The number of aromatic nitrogens is 2. The zero-order chi connectivity index (χ0) is 21.1. The molecule has 0 fully saturated rings. The van der Waals surface area contributed by atoms with Crippen LogP contribution in [-0.2, 0) is 10.5 Å². The lowest BCUT2D eigenvalue weighted by atomic mass is 9.87. The van der Waals surface area contributed by atoms with Gasteiger partial charge in [-0.1, -0.05) is 53.7 Å². The van der Waals surface area contributed by atoms with Crippen molar-refractivity contribution in [2.75, 3.05) is 11.9 Å². The van der Waals surface area contributed by atoms with Crippen LogP contribution in [0.4, 0.5) is 5.82 Å². The first-order valence-corrected chi connectivity index (χ1v) is 10.9. The number of nitrogens with zero attached hydrogens (tertiary/aromatic N) is 1. The highest BCUT2D eigenvalue weighted by Crippen LogP contribution is 2.35. The molecule has 1 aliphatic heterocycles. The number of anilines is 1. The molecule has 2 N–H and O–H groups in total. The Morgan fingerprint density at radius 3 is 2.80 bits per heavy atom. The number of ether oxygens (including phenoxy) is 1. The second-order valence-electron chi connectivity index (χ2n) is 7.22. The smallest absolute Gasteiger partial charge is 0.257 e. The van der Waals surface area contributed by atoms with E-state index >= 15 is 0 Å². The van der Waals surface area contributed by atoms with Crippen LogP contribution in [0.15, 0.2) is 58.5 Å². The van der Waals surface area contributed by atoms with E-state index < -0.39 is 0 Å². The van der Waals surface area contributed by atoms with Crippen molar-refractivity contribution in [2.24, 2.45) is 0 Å². The van der Waals surface area contributed by atoms with Crippen LogP contribution in [0.25, 0.3) is 0 Å². The molecular weight excluding hydrogens is 398 g/mol. The number of fused-ring (bicyclic) bond motifs is 1. The van der Waals surface area contributed by atoms with E-state index in [4.69, 9.17) is 4.74 Å². The van der Waals surface area contributed by atoms with Crippen molar-refractivity contribution < 1.29 is 9.53 Å². The van der Waals surface area contributed by atoms with Crippen molar-refractivity contribution in [1.29, 1.82) is 0 Å². The van der Waals surface area contributed by atoms with Gasteiger partial charge < -0.3 is 15.0 Å². The number of aromatic amines is 1. The van der Waals surface area contributed by atoms with E-state index in [1.807, 2.05) is 56.3 Å². The summed E-state index contributed by atoms with van der Waals surface area (Å²) >= 11 is 1.44. The summed E-state index contributed by atoms with van der Waals surface area (Å²) in [6.45, 7) is 4.51. The summed E-state index contributed by atoms with van der Waals surface area (Å²) in [5.74, 6) is 1.23. The van der Waals surface area contributed by atoms with Gasteiger partial charge >= 0.3 is 0 Å². The molecule has 2 heterocycles. The molecule has 0 saturated heterocycles. The lowest BCUT2D eigenvalue weighted by Gasteiger charge is -2.24. The minimum Gasteiger partial charge on any atom is -0.494 e. The molecule has 1 atom stereocenters. The Morgan fingerprint density at radius 1 is 1.17 bits per heavy atom. The number of benzene rings is 2. The number of amides is 1. The van der Waals surface area contributed by atoms with Crippen molar-refractivity contribution in [2.45, 2.75) is 37.1 Å². The number of H-pyrrole nitrogens is 1. The Morgan fingerprint density at radius 2 is 2.00 bits per heavy atom.